The van der Waals surface area contributed by atoms with E-state index in [2.05, 4.69) is 20.5 Å². The average molecular weight is 461 g/mol. The number of carbonyl (C=O) groups excluding carboxylic acids is 1. The number of benzene rings is 1. The quantitative estimate of drug-likeness (QED) is 0.437. The van der Waals surface area contributed by atoms with Gasteiger partial charge in [0, 0.05) is 29.5 Å². The number of aliphatic hydroxyl groups excluding tert-OH is 1. The van der Waals surface area contributed by atoms with Crippen LogP contribution in [0.15, 0.2) is 49.1 Å². The predicted octanol–water partition coefficient (Wildman–Crippen LogP) is 3.37. The van der Waals surface area contributed by atoms with E-state index in [1.54, 1.807) is 25.3 Å². The summed E-state index contributed by atoms with van der Waals surface area (Å²) in [6, 6.07) is 7.20. The highest BCUT2D eigenvalue weighted by atomic mass is 35.5. The average Bonchev–Trinajstić information content (AvgIpc) is 3.33. The molecule has 0 aliphatic rings. The lowest BCUT2D eigenvalue weighted by atomic mass is 10.2. The van der Waals surface area contributed by atoms with Gasteiger partial charge < -0.3 is 15.3 Å². The number of rotatable bonds is 7. The van der Waals surface area contributed by atoms with Gasteiger partial charge in [0.05, 0.1) is 35.1 Å². The van der Waals surface area contributed by atoms with Crippen LogP contribution in [0.5, 0.6) is 0 Å². The molecule has 3 aromatic heterocycles. The van der Waals surface area contributed by atoms with Crippen molar-refractivity contribution in [3.63, 3.8) is 0 Å². The smallest absolute Gasteiger partial charge is 0.277 e. The number of aliphatic hydroxyl groups is 1. The first kappa shape index (κ1) is 21.1. The van der Waals surface area contributed by atoms with Gasteiger partial charge in [-0.25, -0.2) is 0 Å². The Hall–Kier alpha value is -3.14. The van der Waals surface area contributed by atoms with Crippen molar-refractivity contribution in [2.24, 2.45) is 0 Å². The molecule has 1 atom stereocenters. The largest absolute Gasteiger partial charge is 0.394 e. The van der Waals surface area contributed by atoms with Crippen molar-refractivity contribution < 1.29 is 14.7 Å². The van der Waals surface area contributed by atoms with Gasteiger partial charge in [-0.3, -0.25) is 14.5 Å². The normalized spacial score (nSPS) is 12.1. The number of halogens is 2. The number of pyridine rings is 1. The number of nitrogens with one attached hydrogen (secondary N) is 1. The zero-order chi connectivity index (χ0) is 22.0. The Morgan fingerprint density at radius 3 is 2.71 bits per heavy atom. The monoisotopic (exact) mass is 460 g/mol. The molecule has 0 aliphatic heterocycles. The molecule has 3 heterocycles. The first-order valence-corrected chi connectivity index (χ1v) is 10.1. The van der Waals surface area contributed by atoms with Crippen LogP contribution in [0.4, 0.5) is 5.69 Å². The predicted molar refractivity (Wildman–Crippen MR) is 116 cm³/mol. The summed E-state index contributed by atoms with van der Waals surface area (Å²) in [4.78, 5) is 24.1. The van der Waals surface area contributed by atoms with Gasteiger partial charge in [0.15, 0.2) is 11.8 Å². The van der Waals surface area contributed by atoms with Crippen molar-refractivity contribution in [3.8, 4) is 0 Å². The Labute approximate surface area is 187 Å². The van der Waals surface area contributed by atoms with Crippen LogP contribution in [-0.2, 0) is 6.54 Å². The molecule has 2 N–H and O–H groups in total. The maximum Gasteiger partial charge on any atom is 0.277 e. The number of carbonyl (C=O) groups is 1. The molecule has 0 bridgehead atoms. The van der Waals surface area contributed by atoms with Gasteiger partial charge in [0.2, 0.25) is 0 Å². The van der Waals surface area contributed by atoms with E-state index in [1.807, 2.05) is 12.1 Å². The van der Waals surface area contributed by atoms with Crippen molar-refractivity contribution in [3.05, 3.63) is 70.4 Å². The lowest BCUT2D eigenvalue weighted by molar-refractivity contribution is 0.0321. The van der Waals surface area contributed by atoms with Gasteiger partial charge in [-0.1, -0.05) is 46.2 Å². The Kier molecular flexibility index (Phi) is 6.08. The van der Waals surface area contributed by atoms with Gasteiger partial charge in [-0.05, 0) is 13.0 Å². The third kappa shape index (κ3) is 4.34. The number of anilines is 1. The van der Waals surface area contributed by atoms with Crippen molar-refractivity contribution in [1.82, 2.24) is 24.7 Å². The minimum absolute atomic E-state index is 0.0505. The van der Waals surface area contributed by atoms with Crippen LogP contribution >= 0.6 is 23.2 Å². The van der Waals surface area contributed by atoms with Crippen LogP contribution in [0.1, 0.15) is 29.1 Å². The Bertz CT molecular complexity index is 1220. The summed E-state index contributed by atoms with van der Waals surface area (Å²) >= 11 is 12.5. The van der Waals surface area contributed by atoms with Gasteiger partial charge in [-0.15, -0.1) is 5.10 Å². The van der Waals surface area contributed by atoms with Gasteiger partial charge in [-0.2, -0.15) is 5.10 Å². The molecule has 0 spiro atoms. The highest BCUT2D eigenvalue weighted by Gasteiger charge is 2.22. The fraction of sp³-hybridized carbons (Fsp3) is 0.200. The fourth-order valence-corrected chi connectivity index (χ4v) is 3.81. The van der Waals surface area contributed by atoms with Crippen LogP contribution in [0.2, 0.25) is 10.0 Å². The van der Waals surface area contributed by atoms with E-state index in [0.717, 1.165) is 0 Å². The van der Waals surface area contributed by atoms with Crippen LogP contribution in [-0.4, -0.2) is 42.3 Å². The molecule has 1 aromatic carbocycles. The molecule has 160 valence electrons. The molecule has 11 heteroatoms. The summed E-state index contributed by atoms with van der Waals surface area (Å²) in [6.45, 7) is 2.06. The second-order valence-electron chi connectivity index (χ2n) is 6.67. The van der Waals surface area contributed by atoms with Crippen molar-refractivity contribution in [2.75, 3.05) is 11.9 Å². The zero-order valence-corrected chi connectivity index (χ0v) is 17.9. The highest BCUT2D eigenvalue weighted by molar-refractivity contribution is 6.35. The Balaban J connectivity index is 1.63. The third-order valence-electron chi connectivity index (χ3n) is 4.55. The standard InChI is InChI=1S/C20H18Cl2N6O3/c1-12(18-15(21)9-23-10-16(18)22)31-28-17-5-3-2-4-14(17)19(26-28)20(30)25-13-8-24-27(11-13)6-7-29/h2-5,8-12,29H,6-7H2,1H3,(H,25,30). The van der Waals surface area contributed by atoms with Crippen molar-refractivity contribution >= 4 is 45.7 Å². The minimum Gasteiger partial charge on any atom is -0.394 e. The molecule has 4 aromatic rings. The first-order valence-electron chi connectivity index (χ1n) is 9.36. The molecule has 0 saturated heterocycles. The first-order chi connectivity index (χ1) is 15.0. The minimum atomic E-state index is -0.557. The number of nitrogens with zero attached hydrogens (tertiary/aromatic N) is 5. The van der Waals surface area contributed by atoms with E-state index >= 15 is 0 Å². The van der Waals surface area contributed by atoms with Crippen molar-refractivity contribution in [2.45, 2.75) is 19.6 Å². The summed E-state index contributed by atoms with van der Waals surface area (Å²) in [5.74, 6) is -0.422. The Morgan fingerprint density at radius 2 is 1.97 bits per heavy atom. The van der Waals surface area contributed by atoms with Crippen LogP contribution in [0.3, 0.4) is 0 Å². The molecular weight excluding hydrogens is 443 g/mol. The van der Waals surface area contributed by atoms with E-state index in [4.69, 9.17) is 33.1 Å². The van der Waals surface area contributed by atoms with Crippen LogP contribution in [0, 0.1) is 0 Å². The summed E-state index contributed by atoms with van der Waals surface area (Å²) < 4.78 is 1.53. The number of amides is 1. The number of hydrogen-bond donors (Lipinski definition) is 2. The van der Waals surface area contributed by atoms with Gasteiger partial charge >= 0.3 is 0 Å². The number of aromatic nitrogens is 5. The molecule has 1 amide bonds. The lowest BCUT2D eigenvalue weighted by Crippen LogP contribution is -2.19. The lowest BCUT2D eigenvalue weighted by Gasteiger charge is -2.16. The fourth-order valence-electron chi connectivity index (χ4n) is 3.14. The van der Waals surface area contributed by atoms with E-state index in [9.17, 15) is 4.79 Å². The summed E-state index contributed by atoms with van der Waals surface area (Å²) in [6.07, 6.45) is 5.54. The molecule has 0 fully saturated rings. The van der Waals surface area contributed by atoms with Crippen molar-refractivity contribution in [1.29, 1.82) is 0 Å². The van der Waals surface area contributed by atoms with Gasteiger partial charge in [0.25, 0.3) is 5.91 Å². The molecule has 0 radical (unpaired) electrons. The van der Waals surface area contributed by atoms with E-state index < -0.39 is 12.0 Å². The van der Waals surface area contributed by atoms with Gasteiger partial charge in [0.1, 0.15) is 5.52 Å². The number of hydrogen-bond acceptors (Lipinski definition) is 6. The van der Waals surface area contributed by atoms with E-state index in [1.165, 1.54) is 28.1 Å². The van der Waals surface area contributed by atoms with E-state index in [-0.39, 0.29) is 12.3 Å². The third-order valence-corrected chi connectivity index (χ3v) is 5.15. The molecule has 0 aliphatic carbocycles. The SMILES string of the molecule is CC(On1nc(C(=O)Nc2cnn(CCO)c2)c2ccccc21)c1c(Cl)cncc1Cl. The second kappa shape index (κ2) is 8.93. The molecule has 1 unspecified atom stereocenters. The number of para-hydroxylation sites is 1. The van der Waals surface area contributed by atoms with Crippen LogP contribution in [0.25, 0.3) is 10.9 Å². The molecule has 4 rings (SSSR count). The maximum atomic E-state index is 12.9. The molecule has 0 saturated carbocycles. The zero-order valence-electron chi connectivity index (χ0n) is 16.4. The summed E-state index contributed by atoms with van der Waals surface area (Å²) in [7, 11) is 0. The highest BCUT2D eigenvalue weighted by Crippen LogP contribution is 2.30. The molecule has 31 heavy (non-hydrogen) atoms. The maximum absolute atomic E-state index is 12.9. The van der Waals surface area contributed by atoms with E-state index in [0.29, 0.717) is 38.7 Å². The summed E-state index contributed by atoms with van der Waals surface area (Å²) in [5, 5.41) is 21.6. The Morgan fingerprint density at radius 1 is 1.23 bits per heavy atom. The molecule has 9 nitrogen and oxygen atoms in total. The topological polar surface area (TPSA) is 107 Å². The molecular formula is C20H18Cl2N6O3. The number of fused-ring (bicyclic) bond motifs is 1. The second-order valence-corrected chi connectivity index (χ2v) is 7.49. The summed E-state index contributed by atoms with van der Waals surface area (Å²) in [5.41, 5.74) is 1.85. The van der Waals surface area contributed by atoms with Crippen LogP contribution < -0.4 is 10.2 Å².